The normalized spacial score (nSPS) is 28.9. The third-order valence-electron chi connectivity index (χ3n) is 5.50. The molecule has 96 valence electrons. The van der Waals surface area contributed by atoms with Crippen molar-refractivity contribution < 1.29 is 0 Å². The number of rotatable bonds is 2. The molecule has 0 N–H and O–H groups in total. The van der Waals surface area contributed by atoms with Crippen molar-refractivity contribution >= 4 is 0 Å². The summed E-state index contributed by atoms with van der Waals surface area (Å²) in [4.78, 5) is 0. The van der Waals surface area contributed by atoms with Crippen molar-refractivity contribution in [1.29, 1.82) is 0 Å². The molecule has 0 nitrogen and oxygen atoms in total. The smallest absolute Gasteiger partial charge is 0.0200 e. The van der Waals surface area contributed by atoms with E-state index in [0.29, 0.717) is 0 Å². The maximum absolute atomic E-state index is 1.97. The van der Waals surface area contributed by atoms with Gasteiger partial charge in [-0.25, -0.2) is 0 Å². The molecule has 17 heavy (non-hydrogen) atoms. The molecule has 3 aliphatic carbocycles. The average Bonchev–Trinajstić information content (AvgIpc) is 2.90. The highest BCUT2D eigenvalue weighted by Gasteiger charge is 2.28. The molecule has 0 aromatic carbocycles. The highest BCUT2D eigenvalue weighted by molar-refractivity contribution is 5.25. The van der Waals surface area contributed by atoms with Crippen molar-refractivity contribution in [3.05, 3.63) is 11.1 Å². The molecule has 0 heteroatoms. The SMILES string of the molecule is C1CCC(C2=C(C3CCCCC3)CCC2)CC1. The Bertz CT molecular complexity index is 246. The quantitative estimate of drug-likeness (QED) is 0.541. The van der Waals surface area contributed by atoms with Gasteiger partial charge in [0.15, 0.2) is 0 Å². The predicted molar refractivity (Wildman–Crippen MR) is 74.0 cm³/mol. The molecule has 0 bridgehead atoms. The van der Waals surface area contributed by atoms with Gasteiger partial charge in [0, 0.05) is 0 Å². The third kappa shape index (κ3) is 2.61. The lowest BCUT2D eigenvalue weighted by Crippen LogP contribution is -2.14. The zero-order valence-electron chi connectivity index (χ0n) is 11.3. The van der Waals surface area contributed by atoms with Gasteiger partial charge in [-0.2, -0.15) is 0 Å². The van der Waals surface area contributed by atoms with Crippen LogP contribution < -0.4 is 0 Å². The van der Waals surface area contributed by atoms with E-state index in [2.05, 4.69) is 0 Å². The summed E-state index contributed by atoms with van der Waals surface area (Å²) in [5.41, 5.74) is 3.94. The second-order valence-corrected chi connectivity index (χ2v) is 6.57. The van der Waals surface area contributed by atoms with Crippen LogP contribution in [0, 0.1) is 11.8 Å². The van der Waals surface area contributed by atoms with E-state index in [0.717, 1.165) is 11.8 Å². The first-order chi connectivity index (χ1) is 8.45. The molecule has 0 aliphatic heterocycles. The van der Waals surface area contributed by atoms with Gasteiger partial charge < -0.3 is 0 Å². The maximum atomic E-state index is 1.97. The molecule has 0 aromatic rings. The van der Waals surface area contributed by atoms with Gasteiger partial charge in [-0.3, -0.25) is 0 Å². The third-order valence-corrected chi connectivity index (χ3v) is 5.50. The van der Waals surface area contributed by atoms with Crippen LogP contribution in [0.1, 0.15) is 83.5 Å². The van der Waals surface area contributed by atoms with E-state index in [9.17, 15) is 0 Å². The highest BCUT2D eigenvalue weighted by Crippen LogP contribution is 2.44. The molecule has 0 atom stereocenters. The van der Waals surface area contributed by atoms with Crippen molar-refractivity contribution in [2.75, 3.05) is 0 Å². The van der Waals surface area contributed by atoms with Gasteiger partial charge in [0.05, 0.1) is 0 Å². The van der Waals surface area contributed by atoms with Crippen LogP contribution in [0.15, 0.2) is 11.1 Å². The Hall–Kier alpha value is -0.260. The molecule has 0 amide bonds. The molecule has 0 heterocycles. The molecule has 0 aromatic heterocycles. The van der Waals surface area contributed by atoms with Crippen LogP contribution in [0.3, 0.4) is 0 Å². The molecular weight excluding hydrogens is 204 g/mol. The van der Waals surface area contributed by atoms with E-state index in [1.807, 2.05) is 11.1 Å². The van der Waals surface area contributed by atoms with E-state index in [-0.39, 0.29) is 0 Å². The van der Waals surface area contributed by atoms with Crippen LogP contribution in [0.25, 0.3) is 0 Å². The van der Waals surface area contributed by atoms with Gasteiger partial charge in [-0.1, -0.05) is 49.7 Å². The molecule has 0 spiro atoms. The monoisotopic (exact) mass is 232 g/mol. The molecule has 0 radical (unpaired) electrons. The Kier molecular flexibility index (Phi) is 3.88. The number of allylic oxidation sites excluding steroid dienone is 2. The summed E-state index contributed by atoms with van der Waals surface area (Å²) in [5, 5.41) is 0. The van der Waals surface area contributed by atoms with Crippen molar-refractivity contribution in [3.63, 3.8) is 0 Å². The Balaban J connectivity index is 1.73. The lowest BCUT2D eigenvalue weighted by atomic mass is 9.77. The zero-order chi connectivity index (χ0) is 11.5. The van der Waals surface area contributed by atoms with Gasteiger partial charge in [-0.15, -0.1) is 0 Å². The summed E-state index contributed by atoms with van der Waals surface area (Å²) in [6, 6.07) is 0. The van der Waals surface area contributed by atoms with Crippen LogP contribution in [-0.4, -0.2) is 0 Å². The fraction of sp³-hybridized carbons (Fsp3) is 0.882. The van der Waals surface area contributed by atoms with Gasteiger partial charge in [0.25, 0.3) is 0 Å². The fourth-order valence-corrected chi connectivity index (χ4v) is 4.63. The second kappa shape index (κ2) is 5.59. The molecule has 0 saturated heterocycles. The minimum Gasteiger partial charge on any atom is -0.0676 e. The highest BCUT2D eigenvalue weighted by atomic mass is 14.3. The second-order valence-electron chi connectivity index (χ2n) is 6.57. The maximum Gasteiger partial charge on any atom is -0.0200 e. The summed E-state index contributed by atoms with van der Waals surface area (Å²) in [5.74, 6) is 2.03. The van der Waals surface area contributed by atoms with Gasteiger partial charge in [-0.05, 0) is 56.8 Å². The van der Waals surface area contributed by atoms with Crippen LogP contribution >= 0.6 is 0 Å². The van der Waals surface area contributed by atoms with E-state index in [4.69, 9.17) is 0 Å². The first-order valence-corrected chi connectivity index (χ1v) is 8.17. The summed E-state index contributed by atoms with van der Waals surface area (Å²) < 4.78 is 0. The Morgan fingerprint density at radius 2 is 0.882 bits per heavy atom. The van der Waals surface area contributed by atoms with Crippen LogP contribution in [0.4, 0.5) is 0 Å². The predicted octanol–water partition coefficient (Wildman–Crippen LogP) is 5.63. The molecule has 0 unspecified atom stereocenters. The largest absolute Gasteiger partial charge is 0.0676 e. The Morgan fingerprint density at radius 3 is 1.29 bits per heavy atom. The van der Waals surface area contributed by atoms with E-state index >= 15 is 0 Å². The lowest BCUT2D eigenvalue weighted by Gasteiger charge is -2.29. The fourth-order valence-electron chi connectivity index (χ4n) is 4.63. The molecule has 2 saturated carbocycles. The number of hydrogen-bond donors (Lipinski definition) is 0. The van der Waals surface area contributed by atoms with Crippen molar-refractivity contribution in [2.24, 2.45) is 11.8 Å². The van der Waals surface area contributed by atoms with Crippen LogP contribution in [0.5, 0.6) is 0 Å². The Morgan fingerprint density at radius 1 is 0.471 bits per heavy atom. The summed E-state index contributed by atoms with van der Waals surface area (Å²) in [6.45, 7) is 0. The molecular formula is C17H28. The standard InChI is InChI=1S/C17H28/c1-3-8-14(9-4-1)16-12-7-13-17(16)15-10-5-2-6-11-15/h14-15H,1-13H2. The molecule has 2 fully saturated rings. The summed E-state index contributed by atoms with van der Waals surface area (Å²) in [6.07, 6.45) is 19.5. The minimum atomic E-state index is 1.02. The first kappa shape index (κ1) is 11.8. The van der Waals surface area contributed by atoms with E-state index < -0.39 is 0 Å². The van der Waals surface area contributed by atoms with E-state index in [1.165, 1.54) is 83.5 Å². The summed E-state index contributed by atoms with van der Waals surface area (Å²) >= 11 is 0. The van der Waals surface area contributed by atoms with Crippen molar-refractivity contribution in [2.45, 2.75) is 83.5 Å². The van der Waals surface area contributed by atoms with Gasteiger partial charge >= 0.3 is 0 Å². The van der Waals surface area contributed by atoms with Gasteiger partial charge in [0.1, 0.15) is 0 Å². The average molecular weight is 232 g/mol. The minimum absolute atomic E-state index is 1.02. The molecule has 3 rings (SSSR count). The lowest BCUT2D eigenvalue weighted by molar-refractivity contribution is 0.374. The van der Waals surface area contributed by atoms with Gasteiger partial charge in [0.2, 0.25) is 0 Å². The molecule has 3 aliphatic rings. The van der Waals surface area contributed by atoms with Crippen molar-refractivity contribution in [1.82, 2.24) is 0 Å². The van der Waals surface area contributed by atoms with E-state index in [1.54, 1.807) is 0 Å². The summed E-state index contributed by atoms with van der Waals surface area (Å²) in [7, 11) is 0. The Labute approximate surface area is 107 Å². The zero-order valence-corrected chi connectivity index (χ0v) is 11.3. The van der Waals surface area contributed by atoms with Crippen molar-refractivity contribution in [3.8, 4) is 0 Å². The number of hydrogen-bond acceptors (Lipinski definition) is 0. The van der Waals surface area contributed by atoms with Crippen LogP contribution in [0.2, 0.25) is 0 Å². The van der Waals surface area contributed by atoms with Crippen LogP contribution in [-0.2, 0) is 0 Å². The first-order valence-electron chi connectivity index (χ1n) is 8.17. The topological polar surface area (TPSA) is 0 Å².